The molecule has 3 aromatic rings. The maximum atomic E-state index is 12.4. The van der Waals surface area contributed by atoms with Gasteiger partial charge < -0.3 is 5.32 Å². The molecule has 1 N–H and O–H groups in total. The van der Waals surface area contributed by atoms with E-state index in [1.807, 2.05) is 42.5 Å². The lowest BCUT2D eigenvalue weighted by Gasteiger charge is -2.15. The molecular weight excluding hydrogens is 392 g/mol. The fraction of sp³-hybridized carbons (Fsp3) is 0.286. The maximum absolute atomic E-state index is 12.4. The van der Waals surface area contributed by atoms with Gasteiger partial charge in [-0.2, -0.15) is 0 Å². The van der Waals surface area contributed by atoms with Crippen LogP contribution in [-0.4, -0.2) is 32.5 Å². The SMILES string of the molecule is O=C1NCCCCC1Sc1nnc(-c2ccccc2Cl)n1Cc1ccccc1. The van der Waals surface area contributed by atoms with Gasteiger partial charge in [-0.15, -0.1) is 10.2 Å². The van der Waals surface area contributed by atoms with Gasteiger partial charge in [0.15, 0.2) is 11.0 Å². The predicted molar refractivity (Wildman–Crippen MR) is 113 cm³/mol. The Hall–Kier alpha value is -2.31. The average Bonchev–Trinajstić information content (AvgIpc) is 2.97. The molecule has 0 radical (unpaired) electrons. The maximum Gasteiger partial charge on any atom is 0.233 e. The summed E-state index contributed by atoms with van der Waals surface area (Å²) in [6.07, 6.45) is 2.89. The van der Waals surface area contributed by atoms with Crippen LogP contribution in [0.4, 0.5) is 0 Å². The lowest BCUT2D eigenvalue weighted by molar-refractivity contribution is -0.120. The van der Waals surface area contributed by atoms with Crippen molar-refractivity contribution in [2.45, 2.75) is 36.2 Å². The van der Waals surface area contributed by atoms with E-state index < -0.39 is 0 Å². The smallest absolute Gasteiger partial charge is 0.233 e. The second-order valence-electron chi connectivity index (χ2n) is 6.75. The number of hydrogen-bond acceptors (Lipinski definition) is 4. The molecule has 5 nitrogen and oxygen atoms in total. The Morgan fingerprint density at radius 3 is 2.68 bits per heavy atom. The van der Waals surface area contributed by atoms with Crippen LogP contribution in [0.5, 0.6) is 0 Å². The predicted octanol–water partition coefficient (Wildman–Crippen LogP) is 4.41. The number of aromatic nitrogens is 3. The molecule has 2 aromatic carbocycles. The summed E-state index contributed by atoms with van der Waals surface area (Å²) >= 11 is 7.92. The monoisotopic (exact) mass is 412 g/mol. The quantitative estimate of drug-likeness (QED) is 0.674. The van der Waals surface area contributed by atoms with Crippen LogP contribution in [-0.2, 0) is 11.3 Å². The molecule has 1 aromatic heterocycles. The molecule has 1 saturated heterocycles. The number of amides is 1. The first-order valence-electron chi connectivity index (χ1n) is 9.39. The van der Waals surface area contributed by atoms with Crippen molar-refractivity contribution < 1.29 is 4.79 Å². The summed E-state index contributed by atoms with van der Waals surface area (Å²) < 4.78 is 2.05. The molecule has 1 amide bonds. The van der Waals surface area contributed by atoms with E-state index in [-0.39, 0.29) is 11.2 Å². The highest BCUT2D eigenvalue weighted by Crippen LogP contribution is 2.33. The summed E-state index contributed by atoms with van der Waals surface area (Å²) in [5, 5.41) is 13.1. The van der Waals surface area contributed by atoms with E-state index in [9.17, 15) is 4.79 Å². The first-order chi connectivity index (χ1) is 13.7. The topological polar surface area (TPSA) is 59.8 Å². The molecule has 1 aliphatic rings. The van der Waals surface area contributed by atoms with Crippen LogP contribution < -0.4 is 5.32 Å². The van der Waals surface area contributed by atoms with Crippen molar-refractivity contribution in [2.24, 2.45) is 0 Å². The molecule has 4 rings (SSSR count). The zero-order valence-corrected chi connectivity index (χ0v) is 16.9. The summed E-state index contributed by atoms with van der Waals surface area (Å²) in [6.45, 7) is 1.36. The third-order valence-corrected chi connectivity index (χ3v) is 6.32. The zero-order valence-electron chi connectivity index (χ0n) is 15.3. The van der Waals surface area contributed by atoms with Gasteiger partial charge in [0, 0.05) is 12.1 Å². The van der Waals surface area contributed by atoms with E-state index in [1.165, 1.54) is 11.8 Å². The van der Waals surface area contributed by atoms with Crippen LogP contribution in [0.3, 0.4) is 0 Å². The number of carbonyl (C=O) groups excluding carboxylic acids is 1. The van der Waals surface area contributed by atoms with Gasteiger partial charge in [0.25, 0.3) is 0 Å². The van der Waals surface area contributed by atoms with Crippen molar-refractivity contribution in [2.75, 3.05) is 6.54 Å². The van der Waals surface area contributed by atoms with Gasteiger partial charge in [-0.25, -0.2) is 0 Å². The Balaban J connectivity index is 1.71. The summed E-state index contributed by atoms with van der Waals surface area (Å²) in [6, 6.07) is 17.8. The number of nitrogens with one attached hydrogen (secondary N) is 1. The van der Waals surface area contributed by atoms with Crippen molar-refractivity contribution in [3.63, 3.8) is 0 Å². The number of benzene rings is 2. The molecule has 1 fully saturated rings. The van der Waals surface area contributed by atoms with Gasteiger partial charge in [0.1, 0.15) is 0 Å². The molecule has 144 valence electrons. The lowest BCUT2D eigenvalue weighted by atomic mass is 10.2. The lowest BCUT2D eigenvalue weighted by Crippen LogP contribution is -2.30. The van der Waals surface area contributed by atoms with Crippen LogP contribution in [0.1, 0.15) is 24.8 Å². The Kier molecular flexibility index (Phi) is 5.98. The number of carbonyl (C=O) groups is 1. The Morgan fingerprint density at radius 1 is 1.07 bits per heavy atom. The largest absolute Gasteiger partial charge is 0.355 e. The third-order valence-electron chi connectivity index (χ3n) is 4.75. The highest BCUT2D eigenvalue weighted by atomic mass is 35.5. The van der Waals surface area contributed by atoms with Gasteiger partial charge in [-0.05, 0) is 30.5 Å². The van der Waals surface area contributed by atoms with Gasteiger partial charge in [0.2, 0.25) is 5.91 Å². The summed E-state index contributed by atoms with van der Waals surface area (Å²) in [7, 11) is 0. The number of halogens is 1. The van der Waals surface area contributed by atoms with E-state index in [1.54, 1.807) is 0 Å². The van der Waals surface area contributed by atoms with Crippen LogP contribution >= 0.6 is 23.4 Å². The minimum Gasteiger partial charge on any atom is -0.355 e. The fourth-order valence-corrected chi connectivity index (χ4v) is 4.59. The normalized spacial score (nSPS) is 17.2. The van der Waals surface area contributed by atoms with Crippen molar-refractivity contribution in [1.82, 2.24) is 20.1 Å². The summed E-state index contributed by atoms with van der Waals surface area (Å²) in [4.78, 5) is 12.4. The molecule has 1 aliphatic heterocycles. The fourth-order valence-electron chi connectivity index (χ4n) is 3.28. The second-order valence-corrected chi connectivity index (χ2v) is 8.33. The minimum absolute atomic E-state index is 0.0797. The number of hydrogen-bond donors (Lipinski definition) is 1. The average molecular weight is 413 g/mol. The third kappa shape index (κ3) is 4.23. The molecular formula is C21H21ClN4OS. The molecule has 1 unspecified atom stereocenters. The Morgan fingerprint density at radius 2 is 1.86 bits per heavy atom. The number of nitrogens with zero attached hydrogens (tertiary/aromatic N) is 3. The van der Waals surface area contributed by atoms with Crippen LogP contribution in [0.25, 0.3) is 11.4 Å². The molecule has 2 heterocycles. The Bertz CT molecular complexity index is 960. The van der Waals surface area contributed by atoms with Crippen LogP contribution in [0.15, 0.2) is 59.8 Å². The molecule has 0 aliphatic carbocycles. The van der Waals surface area contributed by atoms with E-state index in [0.29, 0.717) is 17.4 Å². The molecule has 0 bridgehead atoms. The summed E-state index contributed by atoms with van der Waals surface area (Å²) in [5.41, 5.74) is 1.98. The highest BCUT2D eigenvalue weighted by Gasteiger charge is 2.26. The minimum atomic E-state index is -0.152. The van der Waals surface area contributed by atoms with E-state index >= 15 is 0 Å². The van der Waals surface area contributed by atoms with E-state index in [2.05, 4.69) is 32.2 Å². The van der Waals surface area contributed by atoms with Crippen molar-refractivity contribution >= 4 is 29.3 Å². The molecule has 1 atom stereocenters. The van der Waals surface area contributed by atoms with Crippen molar-refractivity contribution in [3.05, 3.63) is 65.2 Å². The number of thioether (sulfide) groups is 1. The van der Waals surface area contributed by atoms with Crippen molar-refractivity contribution in [1.29, 1.82) is 0 Å². The van der Waals surface area contributed by atoms with E-state index in [4.69, 9.17) is 11.6 Å². The van der Waals surface area contributed by atoms with Gasteiger partial charge in [0.05, 0.1) is 16.8 Å². The molecule has 7 heteroatoms. The van der Waals surface area contributed by atoms with Gasteiger partial charge in [-0.1, -0.05) is 72.2 Å². The standard InChI is InChI=1S/C21H21ClN4OS/c22-17-11-5-4-10-16(17)19-24-25-21(26(19)14-15-8-2-1-3-9-15)28-18-12-6-7-13-23-20(18)27/h1-5,8-11,18H,6-7,12-14H2,(H,23,27). The first kappa shape index (κ1) is 19.0. The van der Waals surface area contributed by atoms with Crippen molar-refractivity contribution in [3.8, 4) is 11.4 Å². The van der Waals surface area contributed by atoms with Crippen LogP contribution in [0.2, 0.25) is 5.02 Å². The number of rotatable bonds is 5. The van der Waals surface area contributed by atoms with E-state index in [0.717, 1.165) is 42.1 Å². The highest BCUT2D eigenvalue weighted by molar-refractivity contribution is 8.00. The molecule has 0 spiro atoms. The molecule has 0 saturated carbocycles. The second kappa shape index (κ2) is 8.80. The molecule has 28 heavy (non-hydrogen) atoms. The summed E-state index contributed by atoms with van der Waals surface area (Å²) in [5.74, 6) is 0.794. The first-order valence-corrected chi connectivity index (χ1v) is 10.6. The van der Waals surface area contributed by atoms with Crippen LogP contribution in [0, 0.1) is 0 Å². The zero-order chi connectivity index (χ0) is 19.3. The van der Waals surface area contributed by atoms with Gasteiger partial charge in [-0.3, -0.25) is 9.36 Å². The Labute approximate surface area is 173 Å². The van der Waals surface area contributed by atoms with Gasteiger partial charge >= 0.3 is 0 Å².